The van der Waals surface area contributed by atoms with Crippen molar-refractivity contribution in [1.82, 2.24) is 10.6 Å². The minimum absolute atomic E-state index is 0.268. The van der Waals surface area contributed by atoms with E-state index in [0.29, 0.717) is 12.0 Å². The average molecular weight is 240 g/mol. The van der Waals surface area contributed by atoms with Crippen LogP contribution in [-0.2, 0) is 4.74 Å². The van der Waals surface area contributed by atoms with Crippen LogP contribution in [0.3, 0.4) is 0 Å². The first-order valence-electron chi connectivity index (χ1n) is 6.66. The maximum atomic E-state index is 11.8. The van der Waals surface area contributed by atoms with Crippen molar-refractivity contribution < 1.29 is 9.53 Å². The molecular weight excluding hydrogens is 216 g/mol. The maximum Gasteiger partial charge on any atom is 0.407 e. The monoisotopic (exact) mass is 240 g/mol. The summed E-state index contributed by atoms with van der Waals surface area (Å²) in [5.74, 6) is 1.33. The number of hydrogen-bond acceptors (Lipinski definition) is 3. The van der Waals surface area contributed by atoms with Gasteiger partial charge in [-0.05, 0) is 52.0 Å². The predicted molar refractivity (Wildman–Crippen MR) is 66.9 cm³/mol. The highest BCUT2D eigenvalue weighted by Gasteiger charge is 2.37. The van der Waals surface area contributed by atoms with E-state index in [-0.39, 0.29) is 6.09 Å². The zero-order valence-electron chi connectivity index (χ0n) is 11.1. The van der Waals surface area contributed by atoms with Crippen molar-refractivity contribution in [1.29, 1.82) is 0 Å². The third-order valence-electron chi connectivity index (χ3n) is 3.70. The summed E-state index contributed by atoms with van der Waals surface area (Å²) in [7, 11) is 0. The molecule has 3 atom stereocenters. The van der Waals surface area contributed by atoms with Crippen LogP contribution in [0.15, 0.2) is 0 Å². The number of carbonyl (C=O) groups is 1. The summed E-state index contributed by atoms with van der Waals surface area (Å²) >= 11 is 0. The lowest BCUT2D eigenvalue weighted by atomic mass is 9.78. The number of fused-ring (bicyclic) bond motifs is 1. The fourth-order valence-electron chi connectivity index (χ4n) is 2.99. The van der Waals surface area contributed by atoms with E-state index in [9.17, 15) is 4.79 Å². The molecule has 1 heterocycles. The van der Waals surface area contributed by atoms with E-state index < -0.39 is 5.60 Å². The molecule has 0 aromatic heterocycles. The van der Waals surface area contributed by atoms with Gasteiger partial charge in [-0.3, -0.25) is 0 Å². The fraction of sp³-hybridized carbons (Fsp3) is 0.923. The molecule has 2 aliphatic rings. The van der Waals surface area contributed by atoms with Crippen molar-refractivity contribution in [2.75, 3.05) is 13.1 Å². The van der Waals surface area contributed by atoms with Crippen LogP contribution in [0.5, 0.6) is 0 Å². The summed E-state index contributed by atoms with van der Waals surface area (Å²) in [4.78, 5) is 11.8. The molecule has 4 heteroatoms. The highest BCUT2D eigenvalue weighted by atomic mass is 16.6. The van der Waals surface area contributed by atoms with Gasteiger partial charge < -0.3 is 15.4 Å². The van der Waals surface area contributed by atoms with Crippen LogP contribution < -0.4 is 10.6 Å². The zero-order chi connectivity index (χ0) is 12.5. The second-order valence-corrected chi connectivity index (χ2v) is 6.27. The quantitative estimate of drug-likeness (QED) is 0.736. The first-order chi connectivity index (χ1) is 7.96. The lowest BCUT2D eigenvalue weighted by molar-refractivity contribution is 0.0461. The second kappa shape index (κ2) is 4.84. The summed E-state index contributed by atoms with van der Waals surface area (Å²) in [6.07, 6.45) is 3.32. The number of carbonyl (C=O) groups excluding carboxylic acids is 1. The van der Waals surface area contributed by atoms with Crippen LogP contribution in [0.2, 0.25) is 0 Å². The second-order valence-electron chi connectivity index (χ2n) is 6.27. The smallest absolute Gasteiger partial charge is 0.407 e. The van der Waals surface area contributed by atoms with Crippen LogP contribution in [0.25, 0.3) is 0 Å². The lowest BCUT2D eigenvalue weighted by Gasteiger charge is -2.34. The van der Waals surface area contributed by atoms with E-state index >= 15 is 0 Å². The van der Waals surface area contributed by atoms with Gasteiger partial charge in [-0.2, -0.15) is 0 Å². The molecule has 1 aliphatic carbocycles. The van der Waals surface area contributed by atoms with Gasteiger partial charge in [-0.1, -0.05) is 6.42 Å². The summed E-state index contributed by atoms with van der Waals surface area (Å²) in [6.45, 7) is 7.83. The van der Waals surface area contributed by atoms with Gasteiger partial charge >= 0.3 is 6.09 Å². The summed E-state index contributed by atoms with van der Waals surface area (Å²) in [6, 6.07) is 0.290. The molecular formula is C13H24N2O2. The Morgan fingerprint density at radius 1 is 1.29 bits per heavy atom. The molecule has 0 radical (unpaired) electrons. The molecule has 0 aromatic carbocycles. The van der Waals surface area contributed by atoms with Crippen molar-refractivity contribution >= 4 is 6.09 Å². The molecule has 3 unspecified atom stereocenters. The van der Waals surface area contributed by atoms with E-state index in [4.69, 9.17) is 4.74 Å². The third-order valence-corrected chi connectivity index (χ3v) is 3.70. The Kier molecular flexibility index (Phi) is 3.61. The lowest BCUT2D eigenvalue weighted by Crippen LogP contribution is -2.47. The Balaban J connectivity index is 1.87. The van der Waals surface area contributed by atoms with Gasteiger partial charge in [0.25, 0.3) is 0 Å². The van der Waals surface area contributed by atoms with E-state index in [2.05, 4.69) is 10.6 Å². The topological polar surface area (TPSA) is 50.4 Å². The van der Waals surface area contributed by atoms with Crippen molar-refractivity contribution in [2.24, 2.45) is 11.8 Å². The van der Waals surface area contributed by atoms with E-state index in [1.165, 1.54) is 12.8 Å². The molecule has 4 nitrogen and oxygen atoms in total. The fourth-order valence-corrected chi connectivity index (χ4v) is 2.99. The minimum atomic E-state index is -0.411. The van der Waals surface area contributed by atoms with Crippen molar-refractivity contribution in [3.05, 3.63) is 0 Å². The Bertz CT molecular complexity index is 286. The number of hydrogen-bond donors (Lipinski definition) is 2. The third kappa shape index (κ3) is 3.35. The van der Waals surface area contributed by atoms with Crippen molar-refractivity contribution in [3.63, 3.8) is 0 Å². The first kappa shape index (κ1) is 12.7. The van der Waals surface area contributed by atoms with Gasteiger partial charge in [0.2, 0.25) is 0 Å². The van der Waals surface area contributed by atoms with Crippen LogP contribution in [0, 0.1) is 11.8 Å². The molecule has 17 heavy (non-hydrogen) atoms. The summed E-state index contributed by atoms with van der Waals surface area (Å²) < 4.78 is 5.32. The highest BCUT2D eigenvalue weighted by Crippen LogP contribution is 2.32. The Morgan fingerprint density at radius 3 is 2.76 bits per heavy atom. The van der Waals surface area contributed by atoms with Crippen molar-refractivity contribution in [2.45, 2.75) is 51.7 Å². The first-order valence-corrected chi connectivity index (χ1v) is 6.66. The van der Waals surface area contributed by atoms with Crippen LogP contribution >= 0.6 is 0 Å². The van der Waals surface area contributed by atoms with E-state index in [1.54, 1.807) is 0 Å². The van der Waals surface area contributed by atoms with Crippen LogP contribution in [0.4, 0.5) is 4.79 Å². The predicted octanol–water partition coefficient (Wildman–Crippen LogP) is 1.90. The normalized spacial score (nSPS) is 33.0. The van der Waals surface area contributed by atoms with Crippen molar-refractivity contribution in [3.8, 4) is 0 Å². The van der Waals surface area contributed by atoms with Gasteiger partial charge in [0.15, 0.2) is 0 Å². The standard InChI is InChI=1S/C13H24N2O2/c1-13(2,3)17-12(16)15-11-6-4-5-9-7-14-8-10(9)11/h9-11,14H,4-8H2,1-3H3,(H,15,16). The summed E-state index contributed by atoms with van der Waals surface area (Å²) in [5.41, 5.74) is -0.411. The molecule has 1 amide bonds. The molecule has 2 fully saturated rings. The van der Waals surface area contributed by atoms with E-state index in [0.717, 1.165) is 25.4 Å². The number of amides is 1. The SMILES string of the molecule is CC(C)(C)OC(=O)NC1CCCC2CNCC21. The number of rotatable bonds is 1. The van der Waals surface area contributed by atoms with Gasteiger partial charge in [0.05, 0.1) is 0 Å². The molecule has 0 spiro atoms. The van der Waals surface area contributed by atoms with E-state index in [1.807, 2.05) is 20.8 Å². The number of ether oxygens (including phenoxy) is 1. The maximum absolute atomic E-state index is 11.8. The summed E-state index contributed by atoms with van der Waals surface area (Å²) in [5, 5.41) is 6.47. The number of nitrogens with one attached hydrogen (secondary N) is 2. The Hall–Kier alpha value is -0.770. The Labute approximate surface area is 103 Å². The Morgan fingerprint density at radius 2 is 2.06 bits per heavy atom. The zero-order valence-corrected chi connectivity index (χ0v) is 11.1. The largest absolute Gasteiger partial charge is 0.444 e. The van der Waals surface area contributed by atoms with Gasteiger partial charge in [-0.15, -0.1) is 0 Å². The molecule has 1 saturated heterocycles. The molecule has 98 valence electrons. The molecule has 1 saturated carbocycles. The molecule has 2 N–H and O–H groups in total. The van der Waals surface area contributed by atoms with Gasteiger partial charge in [0, 0.05) is 12.6 Å². The van der Waals surface area contributed by atoms with Gasteiger partial charge in [-0.25, -0.2) is 4.79 Å². The molecule has 0 aromatic rings. The number of alkyl carbamates (subject to hydrolysis) is 1. The minimum Gasteiger partial charge on any atom is -0.444 e. The van der Waals surface area contributed by atoms with Gasteiger partial charge in [0.1, 0.15) is 5.60 Å². The molecule has 0 bridgehead atoms. The average Bonchev–Trinajstić information content (AvgIpc) is 2.63. The van der Waals surface area contributed by atoms with Crippen LogP contribution in [-0.4, -0.2) is 30.8 Å². The molecule has 1 aliphatic heterocycles. The van der Waals surface area contributed by atoms with Crippen LogP contribution in [0.1, 0.15) is 40.0 Å². The molecule has 2 rings (SSSR count). The highest BCUT2D eigenvalue weighted by molar-refractivity contribution is 5.68.